The second-order valence-electron chi connectivity index (χ2n) is 14.9. The third kappa shape index (κ3) is 11.4. The zero-order valence-corrected chi connectivity index (χ0v) is 39.6. The van der Waals surface area contributed by atoms with Crippen molar-refractivity contribution >= 4 is 54.8 Å². The van der Waals surface area contributed by atoms with Crippen molar-refractivity contribution in [3.63, 3.8) is 0 Å². The molecule has 1 aromatic heterocycles. The molecule has 3 N–H and O–H groups in total. The molecule has 1 fully saturated rings. The molecular formula is C44H45IN8O11S2. The van der Waals surface area contributed by atoms with Crippen molar-refractivity contribution in [3.05, 3.63) is 141 Å². The Bertz CT molecular complexity index is 2820. The summed E-state index contributed by atoms with van der Waals surface area (Å²) in [6, 6.07) is 29.6. The molecule has 2 amide bonds. The fraction of sp³-hybridized carbons (Fsp3) is 0.250. The third-order valence-corrected chi connectivity index (χ3v) is 15.0. The first kappa shape index (κ1) is 47.6. The van der Waals surface area contributed by atoms with Crippen molar-refractivity contribution in [1.82, 2.24) is 39.5 Å². The molecule has 346 valence electrons. The van der Waals surface area contributed by atoms with Crippen LogP contribution in [0.15, 0.2) is 125 Å². The van der Waals surface area contributed by atoms with Crippen LogP contribution < -0.4 is 24.2 Å². The number of hydrogen-bond acceptors (Lipinski definition) is 13. The molecule has 0 spiro atoms. The van der Waals surface area contributed by atoms with E-state index >= 15 is 8.42 Å². The van der Waals surface area contributed by atoms with Crippen LogP contribution in [0.4, 0.5) is 9.59 Å². The first-order valence-electron chi connectivity index (χ1n) is 20.1. The van der Waals surface area contributed by atoms with Gasteiger partial charge in [0.1, 0.15) is 33.6 Å². The van der Waals surface area contributed by atoms with Crippen molar-refractivity contribution in [2.75, 3.05) is 34.4 Å². The summed E-state index contributed by atoms with van der Waals surface area (Å²) < 4.78 is 86.4. The first-order chi connectivity index (χ1) is 31.7. The summed E-state index contributed by atoms with van der Waals surface area (Å²) in [5, 5.41) is 25.6. The normalized spacial score (nSPS) is 15.1. The molecule has 5 aromatic carbocycles. The third-order valence-electron chi connectivity index (χ3n) is 10.6. The van der Waals surface area contributed by atoms with Crippen molar-refractivity contribution in [2.45, 2.75) is 48.1 Å². The topological polar surface area (TPSA) is 234 Å². The van der Waals surface area contributed by atoms with Gasteiger partial charge in [0, 0.05) is 29.7 Å². The summed E-state index contributed by atoms with van der Waals surface area (Å²) in [5.41, 5.74) is 2.42. The molecule has 6 aromatic rings. The maximum atomic E-state index is 15.7. The molecule has 0 saturated carbocycles. The number of nitrogens with zero attached hydrogens (tertiary/aromatic N) is 6. The van der Waals surface area contributed by atoms with Crippen LogP contribution in [0.3, 0.4) is 0 Å². The Morgan fingerprint density at radius 3 is 1.83 bits per heavy atom. The molecule has 1 aliphatic heterocycles. The van der Waals surface area contributed by atoms with Gasteiger partial charge in [0.05, 0.1) is 45.5 Å². The highest BCUT2D eigenvalue weighted by Crippen LogP contribution is 2.38. The van der Waals surface area contributed by atoms with Crippen LogP contribution in [0.2, 0.25) is 0 Å². The van der Waals surface area contributed by atoms with E-state index in [1.54, 1.807) is 110 Å². The molecule has 19 nitrogen and oxygen atoms in total. The fourth-order valence-electron chi connectivity index (χ4n) is 7.15. The van der Waals surface area contributed by atoms with E-state index in [4.69, 9.17) is 18.9 Å². The highest BCUT2D eigenvalue weighted by Gasteiger charge is 2.42. The second-order valence-corrected chi connectivity index (χ2v) is 19.7. The maximum absolute atomic E-state index is 15.7. The van der Waals surface area contributed by atoms with Gasteiger partial charge in [0.2, 0.25) is 25.9 Å². The number of hydrogen-bond donors (Lipinski definition) is 3. The Hall–Kier alpha value is -6.34. The number of nitrogens with one attached hydrogen (secondary N) is 2. The number of aromatic nitrogens is 4. The minimum atomic E-state index is -4.92. The second kappa shape index (κ2) is 20.9. The van der Waals surface area contributed by atoms with E-state index < -0.39 is 54.1 Å². The number of benzene rings is 5. The highest BCUT2D eigenvalue weighted by atomic mass is 127. The molecular weight excluding hydrogens is 1010 g/mol. The van der Waals surface area contributed by atoms with E-state index in [-0.39, 0.29) is 54.3 Å². The summed E-state index contributed by atoms with van der Waals surface area (Å²) in [5.74, 6) is 1.53. The van der Waals surface area contributed by atoms with Crippen LogP contribution in [-0.4, -0.2) is 110 Å². The number of amides is 2. The van der Waals surface area contributed by atoms with Crippen molar-refractivity contribution in [2.24, 2.45) is 0 Å². The minimum Gasteiger partial charge on any atom is -0.497 e. The van der Waals surface area contributed by atoms with Crippen LogP contribution in [-0.2, 0) is 51.0 Å². The number of carboxylic acid groups (broad SMARTS) is 1. The molecule has 0 radical (unpaired) electrons. The summed E-state index contributed by atoms with van der Waals surface area (Å²) in [7, 11) is -5.27. The maximum Gasteiger partial charge on any atom is 0.407 e. The van der Waals surface area contributed by atoms with E-state index in [1.807, 2.05) is 22.6 Å². The van der Waals surface area contributed by atoms with Gasteiger partial charge in [-0.1, -0.05) is 66.7 Å². The van der Waals surface area contributed by atoms with E-state index in [0.717, 1.165) is 20.8 Å². The van der Waals surface area contributed by atoms with Crippen molar-refractivity contribution < 1.29 is 50.5 Å². The molecule has 2 atom stereocenters. The van der Waals surface area contributed by atoms with Gasteiger partial charge in [-0.3, -0.25) is 0 Å². The van der Waals surface area contributed by atoms with Crippen molar-refractivity contribution in [1.29, 1.82) is 0 Å². The minimum absolute atomic E-state index is 0.104. The first-order valence-corrected chi connectivity index (χ1v) is 24.1. The summed E-state index contributed by atoms with van der Waals surface area (Å²) >= 11 is 1.90. The molecule has 0 bridgehead atoms. The molecule has 1 aliphatic rings. The van der Waals surface area contributed by atoms with Gasteiger partial charge in [-0.15, -0.1) is 10.2 Å². The number of methoxy groups -OCH3 is 3. The summed E-state index contributed by atoms with van der Waals surface area (Å²) in [4.78, 5) is 26.1. The molecule has 22 heteroatoms. The molecule has 2 heterocycles. The molecule has 7 rings (SSSR count). The summed E-state index contributed by atoms with van der Waals surface area (Å²) in [6.45, 7) is -1.11. The Labute approximate surface area is 394 Å². The zero-order valence-electron chi connectivity index (χ0n) is 35.8. The average Bonchev–Trinajstić information content (AvgIpc) is 3.95. The molecule has 0 unspecified atom stereocenters. The van der Waals surface area contributed by atoms with Gasteiger partial charge >= 0.3 is 12.2 Å². The molecule has 66 heavy (non-hydrogen) atoms. The van der Waals surface area contributed by atoms with E-state index in [1.165, 1.54) is 25.1 Å². The number of likely N-dealkylation sites (tertiary alicyclic amines) is 1. The average molecular weight is 1050 g/mol. The van der Waals surface area contributed by atoms with Crippen LogP contribution in [0, 0.1) is 3.57 Å². The van der Waals surface area contributed by atoms with E-state index in [2.05, 4.69) is 25.4 Å². The Morgan fingerprint density at radius 1 is 0.742 bits per heavy atom. The number of sulfonamides is 2. The van der Waals surface area contributed by atoms with Crippen LogP contribution >= 0.6 is 22.6 Å². The lowest BCUT2D eigenvalue weighted by Gasteiger charge is -2.26. The largest absolute Gasteiger partial charge is 0.497 e. The SMILES string of the molecule is COc1ccc(CN(Cc2ccc(OC)cc2)S(=O)(=O)c2c(S(=O)(=O)N[C@H]3CN(C(=O)O)C[C@H]3NC(=O)OCc3ccccc3)ccc(I)c2-c2nnn(Cc3ccc(OC)cc3)n2)cc1. The van der Waals surface area contributed by atoms with E-state index in [0.29, 0.717) is 33.9 Å². The monoisotopic (exact) mass is 1050 g/mol. The number of rotatable bonds is 18. The summed E-state index contributed by atoms with van der Waals surface area (Å²) in [6.07, 6.45) is -2.28. The lowest BCUT2D eigenvalue weighted by Crippen LogP contribution is -2.51. The quantitative estimate of drug-likeness (QED) is 0.0922. The Kier molecular flexibility index (Phi) is 15.1. The Morgan fingerprint density at radius 2 is 1.29 bits per heavy atom. The number of halogens is 1. The number of tetrazole rings is 1. The van der Waals surface area contributed by atoms with Crippen LogP contribution in [0.5, 0.6) is 17.2 Å². The van der Waals surface area contributed by atoms with Gasteiger partial charge in [-0.25, -0.2) is 31.1 Å². The number of carbonyl (C=O) groups excluding carboxylic acids is 1. The number of carbonyl (C=O) groups is 2. The highest BCUT2D eigenvalue weighted by molar-refractivity contribution is 14.1. The fourth-order valence-corrected chi connectivity index (χ4v) is 11.7. The predicted octanol–water partition coefficient (Wildman–Crippen LogP) is 5.35. The van der Waals surface area contributed by atoms with Gasteiger partial charge in [0.15, 0.2) is 0 Å². The molecule has 0 aliphatic carbocycles. The zero-order chi connectivity index (χ0) is 47.0. The van der Waals surface area contributed by atoms with Gasteiger partial charge in [0.25, 0.3) is 0 Å². The lowest BCUT2D eigenvalue weighted by atomic mass is 10.2. The van der Waals surface area contributed by atoms with Gasteiger partial charge in [-0.05, 0) is 98.6 Å². The van der Waals surface area contributed by atoms with Crippen LogP contribution in [0.25, 0.3) is 11.4 Å². The standard InChI is InChI=1S/C44H45IN8O11S2/c1-61-33-15-9-29(10-16-33)23-52(24-30-11-17-34(62-2)18-12-30)66(59,60)41-39(22-21-36(45)40(41)42-47-50-53(48-42)25-31-13-19-35(63-3)20-14-31)65(57,58)49-38-27-51(44(55)56)26-37(38)46-43(54)64-28-32-7-5-4-6-8-32/h4-22,37-38,49H,23-28H2,1-3H3,(H,46,54)(H,55,56)/t37-,38+/m1/s1. The smallest absolute Gasteiger partial charge is 0.407 e. The van der Waals surface area contributed by atoms with Crippen LogP contribution in [0.1, 0.15) is 22.3 Å². The molecule has 1 saturated heterocycles. The number of ether oxygens (including phenoxy) is 4. The van der Waals surface area contributed by atoms with Gasteiger partial charge in [-0.2, -0.15) is 9.10 Å². The number of alkyl carbamates (subject to hydrolysis) is 1. The predicted molar refractivity (Wildman–Crippen MR) is 248 cm³/mol. The van der Waals surface area contributed by atoms with Crippen molar-refractivity contribution in [3.8, 4) is 28.6 Å². The lowest BCUT2D eigenvalue weighted by molar-refractivity contribution is 0.133. The van der Waals surface area contributed by atoms with Gasteiger partial charge < -0.3 is 34.3 Å². The Balaban J connectivity index is 1.32. The van der Waals surface area contributed by atoms with E-state index in [9.17, 15) is 23.1 Å².